The molecule has 0 saturated carbocycles. The molecular formula is C18H30N2O2. The van der Waals surface area contributed by atoms with E-state index in [2.05, 4.69) is 35.8 Å². The van der Waals surface area contributed by atoms with Crippen molar-refractivity contribution in [2.24, 2.45) is 11.8 Å². The van der Waals surface area contributed by atoms with Crippen LogP contribution in [0.25, 0.3) is 0 Å². The monoisotopic (exact) mass is 306 g/mol. The first-order valence-corrected chi connectivity index (χ1v) is 8.84. The number of hydrogen-bond donors (Lipinski definition) is 0. The van der Waals surface area contributed by atoms with E-state index in [0.29, 0.717) is 30.0 Å². The van der Waals surface area contributed by atoms with E-state index >= 15 is 0 Å². The highest BCUT2D eigenvalue weighted by atomic mass is 16.5. The molecule has 3 aliphatic rings. The van der Waals surface area contributed by atoms with Crippen LogP contribution in [0.5, 0.6) is 0 Å². The third kappa shape index (κ3) is 2.95. The molecule has 4 heteroatoms. The SMILES string of the molecule is CO[C@H]1CN(C(C)C)[C@H]1C1CCN(C(=O)C2CC=CC2)CC1. The quantitative estimate of drug-likeness (QED) is 0.747. The van der Waals surface area contributed by atoms with Crippen molar-refractivity contribution in [3.8, 4) is 0 Å². The lowest BCUT2D eigenvalue weighted by Crippen LogP contribution is -2.66. The number of ether oxygens (including phenoxy) is 1. The van der Waals surface area contributed by atoms with E-state index in [1.807, 2.05) is 7.11 Å². The van der Waals surface area contributed by atoms with Crippen LogP contribution in [0.1, 0.15) is 39.5 Å². The fourth-order valence-corrected chi connectivity index (χ4v) is 4.39. The van der Waals surface area contributed by atoms with Crippen molar-refractivity contribution in [3.63, 3.8) is 0 Å². The molecule has 0 bridgehead atoms. The second-order valence-corrected chi connectivity index (χ2v) is 7.36. The molecule has 1 amide bonds. The van der Waals surface area contributed by atoms with Crippen LogP contribution in [-0.2, 0) is 9.53 Å². The molecule has 3 rings (SSSR count). The van der Waals surface area contributed by atoms with Gasteiger partial charge >= 0.3 is 0 Å². The molecule has 0 N–H and O–H groups in total. The summed E-state index contributed by atoms with van der Waals surface area (Å²) in [4.78, 5) is 17.2. The summed E-state index contributed by atoms with van der Waals surface area (Å²) in [5.74, 6) is 1.27. The van der Waals surface area contributed by atoms with Crippen molar-refractivity contribution in [3.05, 3.63) is 12.2 Å². The normalized spacial score (nSPS) is 31.0. The first-order chi connectivity index (χ1) is 10.6. The highest BCUT2D eigenvalue weighted by Crippen LogP contribution is 2.35. The van der Waals surface area contributed by atoms with Crippen molar-refractivity contribution >= 4 is 5.91 Å². The molecule has 2 fully saturated rings. The Bertz CT molecular complexity index is 419. The van der Waals surface area contributed by atoms with Gasteiger partial charge in [-0.1, -0.05) is 12.2 Å². The zero-order valence-corrected chi connectivity index (χ0v) is 14.2. The van der Waals surface area contributed by atoms with Gasteiger partial charge in [0.05, 0.1) is 6.10 Å². The standard InChI is InChI=1S/C18H30N2O2/c1-13(2)20-12-16(22-3)17(20)14-8-10-19(11-9-14)18(21)15-6-4-5-7-15/h4-5,13-17H,6-12H2,1-3H3/t16-,17-/m0/s1. The number of allylic oxidation sites excluding steroid dienone is 2. The number of carbonyl (C=O) groups excluding carboxylic acids is 1. The molecule has 0 aromatic heterocycles. The molecule has 1 aliphatic carbocycles. The maximum absolute atomic E-state index is 12.5. The van der Waals surface area contributed by atoms with E-state index in [0.717, 1.165) is 45.3 Å². The first-order valence-electron chi connectivity index (χ1n) is 8.84. The number of methoxy groups -OCH3 is 1. The van der Waals surface area contributed by atoms with Gasteiger partial charge in [-0.05, 0) is 45.4 Å². The fraction of sp³-hybridized carbons (Fsp3) is 0.833. The minimum atomic E-state index is 0.221. The second kappa shape index (κ2) is 6.71. The average Bonchev–Trinajstić information content (AvgIpc) is 3.00. The van der Waals surface area contributed by atoms with Crippen LogP contribution in [0.3, 0.4) is 0 Å². The van der Waals surface area contributed by atoms with Gasteiger partial charge in [0.2, 0.25) is 5.91 Å². The zero-order valence-electron chi connectivity index (χ0n) is 14.2. The maximum atomic E-state index is 12.5. The van der Waals surface area contributed by atoms with Crippen molar-refractivity contribution in [1.29, 1.82) is 0 Å². The van der Waals surface area contributed by atoms with Gasteiger partial charge in [0.15, 0.2) is 0 Å². The van der Waals surface area contributed by atoms with Crippen molar-refractivity contribution in [2.45, 2.75) is 57.7 Å². The number of hydrogen-bond acceptors (Lipinski definition) is 3. The second-order valence-electron chi connectivity index (χ2n) is 7.36. The topological polar surface area (TPSA) is 32.8 Å². The summed E-state index contributed by atoms with van der Waals surface area (Å²) in [7, 11) is 1.83. The number of likely N-dealkylation sites (tertiary alicyclic amines) is 2. The number of amides is 1. The van der Waals surface area contributed by atoms with Crippen LogP contribution >= 0.6 is 0 Å². The molecule has 2 heterocycles. The van der Waals surface area contributed by atoms with Gasteiger partial charge in [0, 0.05) is 44.7 Å². The molecule has 4 nitrogen and oxygen atoms in total. The lowest BCUT2D eigenvalue weighted by Gasteiger charge is -2.54. The van der Waals surface area contributed by atoms with Crippen molar-refractivity contribution in [1.82, 2.24) is 9.80 Å². The molecule has 0 aromatic rings. The molecular weight excluding hydrogens is 276 g/mol. The van der Waals surface area contributed by atoms with Crippen LogP contribution in [0.4, 0.5) is 0 Å². The van der Waals surface area contributed by atoms with Gasteiger partial charge in [0.25, 0.3) is 0 Å². The van der Waals surface area contributed by atoms with E-state index < -0.39 is 0 Å². The third-order valence-corrected chi connectivity index (χ3v) is 5.81. The Balaban J connectivity index is 1.53. The minimum Gasteiger partial charge on any atom is -0.378 e. The first kappa shape index (κ1) is 16.0. The Morgan fingerprint density at radius 3 is 2.36 bits per heavy atom. The van der Waals surface area contributed by atoms with E-state index in [1.54, 1.807) is 0 Å². The van der Waals surface area contributed by atoms with E-state index in [4.69, 9.17) is 4.74 Å². The van der Waals surface area contributed by atoms with Gasteiger partial charge < -0.3 is 9.64 Å². The Labute approximate surface area is 134 Å². The molecule has 0 radical (unpaired) electrons. The maximum Gasteiger partial charge on any atom is 0.226 e. The molecule has 124 valence electrons. The number of nitrogens with zero attached hydrogens (tertiary/aromatic N) is 2. The summed E-state index contributed by atoms with van der Waals surface area (Å²) in [6.45, 7) is 7.46. The van der Waals surface area contributed by atoms with Crippen LogP contribution in [0.2, 0.25) is 0 Å². The molecule has 2 atom stereocenters. The summed E-state index contributed by atoms with van der Waals surface area (Å²) in [5, 5.41) is 0. The predicted octanol–water partition coefficient (Wildman–Crippen LogP) is 2.30. The highest BCUT2D eigenvalue weighted by molar-refractivity contribution is 5.79. The molecule has 0 unspecified atom stereocenters. The Hall–Kier alpha value is -0.870. The lowest BCUT2D eigenvalue weighted by molar-refractivity contribution is -0.143. The largest absolute Gasteiger partial charge is 0.378 e. The van der Waals surface area contributed by atoms with Crippen molar-refractivity contribution < 1.29 is 9.53 Å². The van der Waals surface area contributed by atoms with Gasteiger partial charge in [-0.2, -0.15) is 0 Å². The predicted molar refractivity (Wildman–Crippen MR) is 87.6 cm³/mol. The zero-order chi connectivity index (χ0) is 15.7. The summed E-state index contributed by atoms with van der Waals surface area (Å²) in [6, 6.07) is 1.14. The molecule has 0 aromatic carbocycles. The minimum absolute atomic E-state index is 0.221. The van der Waals surface area contributed by atoms with Crippen molar-refractivity contribution in [2.75, 3.05) is 26.7 Å². The molecule has 0 spiro atoms. The average molecular weight is 306 g/mol. The number of rotatable bonds is 4. The van der Waals surface area contributed by atoms with Crippen LogP contribution < -0.4 is 0 Å². The number of carbonyl (C=O) groups is 1. The van der Waals surface area contributed by atoms with Gasteiger partial charge in [0.1, 0.15) is 0 Å². The third-order valence-electron chi connectivity index (χ3n) is 5.81. The smallest absolute Gasteiger partial charge is 0.226 e. The fourth-order valence-electron chi connectivity index (χ4n) is 4.39. The summed E-state index contributed by atoms with van der Waals surface area (Å²) < 4.78 is 5.66. The Morgan fingerprint density at radius 2 is 1.82 bits per heavy atom. The molecule has 2 saturated heterocycles. The van der Waals surface area contributed by atoms with Gasteiger partial charge in [-0.15, -0.1) is 0 Å². The van der Waals surface area contributed by atoms with Crippen LogP contribution in [0, 0.1) is 11.8 Å². The molecule has 22 heavy (non-hydrogen) atoms. The highest BCUT2D eigenvalue weighted by Gasteiger charge is 2.46. The molecule has 2 aliphatic heterocycles. The summed E-state index contributed by atoms with van der Waals surface area (Å²) in [5.41, 5.74) is 0. The number of piperidine rings is 1. The lowest BCUT2D eigenvalue weighted by atomic mass is 9.79. The van der Waals surface area contributed by atoms with Crippen LogP contribution in [0.15, 0.2) is 12.2 Å². The Morgan fingerprint density at radius 1 is 1.18 bits per heavy atom. The summed E-state index contributed by atoms with van der Waals surface area (Å²) >= 11 is 0. The summed E-state index contributed by atoms with van der Waals surface area (Å²) in [6.07, 6.45) is 8.80. The van der Waals surface area contributed by atoms with E-state index in [-0.39, 0.29) is 5.92 Å². The van der Waals surface area contributed by atoms with E-state index in [1.165, 1.54) is 0 Å². The Kier molecular flexibility index (Phi) is 4.88. The van der Waals surface area contributed by atoms with E-state index in [9.17, 15) is 4.79 Å². The van der Waals surface area contributed by atoms with Gasteiger partial charge in [-0.25, -0.2) is 0 Å². The van der Waals surface area contributed by atoms with Crippen LogP contribution in [-0.4, -0.2) is 60.6 Å². The van der Waals surface area contributed by atoms with Gasteiger partial charge in [-0.3, -0.25) is 9.69 Å².